The summed E-state index contributed by atoms with van der Waals surface area (Å²) >= 11 is 0. The Kier molecular flexibility index (Phi) is 4.18. The zero-order valence-corrected chi connectivity index (χ0v) is 12.4. The fourth-order valence-corrected chi connectivity index (χ4v) is 1.56. The van der Waals surface area contributed by atoms with Gasteiger partial charge in [-0.15, -0.1) is 0 Å². The van der Waals surface area contributed by atoms with Gasteiger partial charge in [0.15, 0.2) is 0 Å². The molecular formula is C13H25N3O2. The third-order valence-electron chi connectivity index (χ3n) is 3.70. The summed E-state index contributed by atoms with van der Waals surface area (Å²) in [5, 5.41) is 4.02. The van der Waals surface area contributed by atoms with E-state index in [0.29, 0.717) is 11.7 Å². The Balaban J connectivity index is 3.07. The zero-order valence-electron chi connectivity index (χ0n) is 12.4. The summed E-state index contributed by atoms with van der Waals surface area (Å²) in [5.41, 5.74) is 5.32. The zero-order chi connectivity index (χ0) is 14.1. The molecule has 0 aliphatic carbocycles. The number of aromatic nitrogens is 2. The maximum absolute atomic E-state index is 6.16. The molecule has 1 atom stereocenters. The second-order valence-corrected chi connectivity index (χ2v) is 6.20. The van der Waals surface area contributed by atoms with Gasteiger partial charge >= 0.3 is 0 Å². The molecule has 1 rings (SSSR count). The smallest absolute Gasteiger partial charge is 0.234 e. The van der Waals surface area contributed by atoms with Crippen molar-refractivity contribution in [3.63, 3.8) is 0 Å². The van der Waals surface area contributed by atoms with Crippen molar-refractivity contribution in [3.8, 4) is 0 Å². The van der Waals surface area contributed by atoms with Crippen molar-refractivity contribution in [1.29, 1.82) is 0 Å². The minimum atomic E-state index is -0.447. The predicted octanol–water partition coefficient (Wildman–Crippen LogP) is 2.43. The lowest BCUT2D eigenvalue weighted by Gasteiger charge is -2.34. The van der Waals surface area contributed by atoms with Gasteiger partial charge in [-0.1, -0.05) is 19.0 Å². The average Bonchev–Trinajstić information content (AvgIpc) is 2.66. The van der Waals surface area contributed by atoms with Crippen LogP contribution < -0.4 is 5.73 Å². The summed E-state index contributed by atoms with van der Waals surface area (Å²) < 4.78 is 10.8. The van der Waals surface area contributed by atoms with Crippen molar-refractivity contribution >= 4 is 0 Å². The van der Waals surface area contributed by atoms with E-state index in [0.717, 1.165) is 0 Å². The average molecular weight is 255 g/mol. The summed E-state index contributed by atoms with van der Waals surface area (Å²) in [6, 6.07) is 0. The van der Waals surface area contributed by atoms with E-state index in [9.17, 15) is 0 Å². The quantitative estimate of drug-likeness (QED) is 0.874. The number of rotatable bonds is 5. The highest BCUT2D eigenvalue weighted by atomic mass is 16.5. The first-order valence-electron chi connectivity index (χ1n) is 6.27. The van der Waals surface area contributed by atoms with Crippen molar-refractivity contribution in [2.45, 2.75) is 58.6 Å². The Morgan fingerprint density at radius 3 is 2.17 bits per heavy atom. The lowest BCUT2D eigenvalue weighted by Crippen LogP contribution is -2.50. The van der Waals surface area contributed by atoms with Crippen LogP contribution in [0.4, 0.5) is 0 Å². The highest BCUT2D eigenvalue weighted by Gasteiger charge is 2.40. The van der Waals surface area contributed by atoms with Crippen molar-refractivity contribution < 1.29 is 9.26 Å². The van der Waals surface area contributed by atoms with Gasteiger partial charge in [-0.25, -0.2) is 0 Å². The number of nitrogens with two attached hydrogens (primary N) is 1. The summed E-state index contributed by atoms with van der Waals surface area (Å²) in [4.78, 5) is 4.46. The molecule has 0 saturated heterocycles. The van der Waals surface area contributed by atoms with E-state index < -0.39 is 11.0 Å². The number of methoxy groups -OCH3 is 1. The lowest BCUT2D eigenvalue weighted by atomic mass is 9.75. The molecular weight excluding hydrogens is 230 g/mol. The van der Waals surface area contributed by atoms with Crippen LogP contribution in [-0.4, -0.2) is 22.8 Å². The molecule has 0 aliphatic rings. The van der Waals surface area contributed by atoms with E-state index in [2.05, 4.69) is 24.0 Å². The molecule has 0 fully saturated rings. The van der Waals surface area contributed by atoms with Crippen LogP contribution in [0.15, 0.2) is 4.52 Å². The van der Waals surface area contributed by atoms with Crippen molar-refractivity contribution in [3.05, 3.63) is 11.7 Å². The second kappa shape index (κ2) is 4.97. The fraction of sp³-hybridized carbons (Fsp3) is 0.846. The van der Waals surface area contributed by atoms with E-state index in [1.807, 2.05) is 27.7 Å². The molecule has 2 N–H and O–H groups in total. The van der Waals surface area contributed by atoms with Gasteiger partial charge in [-0.2, -0.15) is 4.98 Å². The molecule has 1 aromatic heterocycles. The standard InChI is InChI=1S/C13H25N3O2/c1-8(2)9(17-7)10-15-11(18-16-10)12(3,4)13(5,6)14/h8-9H,14H2,1-7H3. The number of ether oxygens (including phenoxy) is 1. The van der Waals surface area contributed by atoms with Gasteiger partial charge in [0.1, 0.15) is 6.10 Å². The topological polar surface area (TPSA) is 74.2 Å². The third-order valence-corrected chi connectivity index (χ3v) is 3.70. The fourth-order valence-electron chi connectivity index (χ4n) is 1.56. The molecule has 0 aliphatic heterocycles. The highest BCUT2D eigenvalue weighted by Crippen LogP contribution is 2.33. The van der Waals surface area contributed by atoms with Crippen LogP contribution in [0.1, 0.15) is 59.4 Å². The summed E-state index contributed by atoms with van der Waals surface area (Å²) in [5.74, 6) is 1.42. The molecule has 1 aromatic rings. The van der Waals surface area contributed by atoms with Gasteiger partial charge in [0, 0.05) is 12.6 Å². The molecule has 18 heavy (non-hydrogen) atoms. The summed E-state index contributed by atoms with van der Waals surface area (Å²) in [6.45, 7) is 12.0. The Morgan fingerprint density at radius 1 is 1.22 bits per heavy atom. The van der Waals surface area contributed by atoms with Crippen LogP contribution in [0.25, 0.3) is 0 Å². The Bertz CT molecular complexity index is 391. The van der Waals surface area contributed by atoms with Crippen molar-refractivity contribution in [2.24, 2.45) is 11.7 Å². The van der Waals surface area contributed by atoms with Crippen LogP contribution in [0.5, 0.6) is 0 Å². The first-order valence-corrected chi connectivity index (χ1v) is 6.27. The molecule has 0 amide bonds. The minimum Gasteiger partial charge on any atom is -0.373 e. The normalized spacial score (nSPS) is 15.2. The maximum atomic E-state index is 6.16. The molecule has 5 heteroatoms. The Morgan fingerprint density at radius 2 is 1.78 bits per heavy atom. The van der Waals surface area contributed by atoms with Gasteiger partial charge in [-0.05, 0) is 33.6 Å². The molecule has 0 aromatic carbocycles. The first-order chi connectivity index (χ1) is 8.11. The van der Waals surface area contributed by atoms with E-state index >= 15 is 0 Å². The third kappa shape index (κ3) is 2.72. The second-order valence-electron chi connectivity index (χ2n) is 6.20. The maximum Gasteiger partial charge on any atom is 0.234 e. The molecule has 104 valence electrons. The van der Waals surface area contributed by atoms with Crippen molar-refractivity contribution in [2.75, 3.05) is 7.11 Å². The Hall–Kier alpha value is -0.940. The van der Waals surface area contributed by atoms with Gasteiger partial charge in [0.2, 0.25) is 11.7 Å². The molecule has 0 spiro atoms. The summed E-state index contributed by atoms with van der Waals surface area (Å²) in [7, 11) is 1.65. The van der Waals surface area contributed by atoms with E-state index in [-0.39, 0.29) is 12.0 Å². The van der Waals surface area contributed by atoms with Crippen LogP contribution in [0, 0.1) is 5.92 Å². The van der Waals surface area contributed by atoms with E-state index in [4.69, 9.17) is 15.0 Å². The molecule has 0 bridgehead atoms. The van der Waals surface area contributed by atoms with Gasteiger partial charge in [-0.3, -0.25) is 0 Å². The number of hydrogen-bond donors (Lipinski definition) is 1. The van der Waals surface area contributed by atoms with Crippen molar-refractivity contribution in [1.82, 2.24) is 10.1 Å². The predicted molar refractivity (Wildman–Crippen MR) is 70.2 cm³/mol. The van der Waals surface area contributed by atoms with Crippen LogP contribution >= 0.6 is 0 Å². The largest absolute Gasteiger partial charge is 0.373 e. The molecule has 1 heterocycles. The minimum absolute atomic E-state index is 0.154. The molecule has 5 nitrogen and oxygen atoms in total. The van der Waals surface area contributed by atoms with Crippen LogP contribution in [-0.2, 0) is 10.2 Å². The summed E-state index contributed by atoms with van der Waals surface area (Å²) in [6.07, 6.45) is -0.154. The highest BCUT2D eigenvalue weighted by molar-refractivity contribution is 5.11. The molecule has 0 radical (unpaired) electrons. The number of nitrogens with zero attached hydrogens (tertiary/aromatic N) is 2. The van der Waals surface area contributed by atoms with E-state index in [1.165, 1.54) is 0 Å². The Labute approximate surface area is 109 Å². The van der Waals surface area contributed by atoms with Gasteiger partial charge in [0.25, 0.3) is 0 Å². The SMILES string of the molecule is COC(c1noc(C(C)(C)C(C)(C)N)n1)C(C)C. The van der Waals surface area contributed by atoms with Gasteiger partial charge < -0.3 is 15.0 Å². The lowest BCUT2D eigenvalue weighted by molar-refractivity contribution is 0.0555. The molecule has 1 unspecified atom stereocenters. The van der Waals surface area contributed by atoms with Gasteiger partial charge in [0.05, 0.1) is 5.41 Å². The first kappa shape index (κ1) is 15.1. The van der Waals surface area contributed by atoms with E-state index in [1.54, 1.807) is 7.11 Å². The number of hydrogen-bond acceptors (Lipinski definition) is 5. The van der Waals surface area contributed by atoms with Crippen LogP contribution in [0.2, 0.25) is 0 Å². The van der Waals surface area contributed by atoms with Crippen LogP contribution in [0.3, 0.4) is 0 Å². The molecule has 0 saturated carbocycles. The monoisotopic (exact) mass is 255 g/mol.